The van der Waals surface area contributed by atoms with E-state index in [1.165, 1.54) is 17.4 Å². The molecule has 0 fully saturated rings. The van der Waals surface area contributed by atoms with Crippen LogP contribution in [-0.2, 0) is 19.5 Å². The van der Waals surface area contributed by atoms with E-state index in [0.29, 0.717) is 5.56 Å². The number of anilines is 1. The molecule has 31 heavy (non-hydrogen) atoms. The maximum Gasteiger partial charge on any atom is 0.337 e. The predicted octanol–water partition coefficient (Wildman–Crippen LogP) is 3.52. The molecule has 3 rings (SSSR count). The zero-order valence-electron chi connectivity index (χ0n) is 16.5. The van der Waals surface area contributed by atoms with Gasteiger partial charge in [0.2, 0.25) is 0 Å². The summed E-state index contributed by atoms with van der Waals surface area (Å²) in [5.74, 6) is 4.42. The number of sulfonamides is 1. The molecule has 0 spiro atoms. The van der Waals surface area contributed by atoms with Crippen LogP contribution in [0.3, 0.4) is 0 Å². The van der Waals surface area contributed by atoms with Crippen molar-refractivity contribution in [2.24, 2.45) is 0 Å². The largest absolute Gasteiger partial charge is 0.465 e. The third kappa shape index (κ3) is 5.51. The van der Waals surface area contributed by atoms with Crippen molar-refractivity contribution in [3.05, 3.63) is 81.5 Å². The third-order valence-electron chi connectivity index (χ3n) is 4.03. The molecule has 0 bridgehead atoms. The van der Waals surface area contributed by atoms with Crippen LogP contribution in [0.5, 0.6) is 0 Å². The van der Waals surface area contributed by atoms with Crippen LogP contribution >= 0.6 is 11.3 Å². The number of carbonyl (C=O) groups excluding carboxylic acids is 2. The second kappa shape index (κ2) is 9.47. The van der Waals surface area contributed by atoms with Gasteiger partial charge >= 0.3 is 11.9 Å². The second-order valence-corrected chi connectivity index (χ2v) is 8.77. The molecule has 1 aromatic heterocycles. The van der Waals surface area contributed by atoms with Gasteiger partial charge in [-0.05, 0) is 47.8 Å². The highest BCUT2D eigenvalue weighted by atomic mass is 32.2. The van der Waals surface area contributed by atoms with E-state index in [1.54, 1.807) is 24.3 Å². The molecule has 7 nitrogen and oxygen atoms in total. The van der Waals surface area contributed by atoms with Gasteiger partial charge in [-0.3, -0.25) is 4.72 Å². The average Bonchev–Trinajstić information content (AvgIpc) is 3.30. The van der Waals surface area contributed by atoms with Gasteiger partial charge in [0.25, 0.3) is 10.0 Å². The molecule has 0 aliphatic heterocycles. The standard InChI is InChI=1S/C22H17NO6S2/c1-28-21(24)16-12-17(22(25)29-2)14-20(13-16)31(26,27)23-18-6-3-5-15(11-18)8-9-19-7-4-10-30-19/h3-7,10-14,23H,1-2H3. The molecular weight excluding hydrogens is 438 g/mol. The number of rotatable bonds is 5. The summed E-state index contributed by atoms with van der Waals surface area (Å²) in [6.07, 6.45) is 0. The summed E-state index contributed by atoms with van der Waals surface area (Å²) in [5.41, 5.74) is 0.705. The summed E-state index contributed by atoms with van der Waals surface area (Å²) in [6.45, 7) is 0. The van der Waals surface area contributed by atoms with Crippen LogP contribution in [0.15, 0.2) is 64.9 Å². The highest BCUT2D eigenvalue weighted by Crippen LogP contribution is 2.21. The summed E-state index contributed by atoms with van der Waals surface area (Å²) in [7, 11) is -1.82. The first-order valence-electron chi connectivity index (χ1n) is 8.82. The zero-order chi connectivity index (χ0) is 22.4. The Hall–Kier alpha value is -3.61. The summed E-state index contributed by atoms with van der Waals surface area (Å²) < 4.78 is 37.6. The second-order valence-electron chi connectivity index (χ2n) is 6.14. The summed E-state index contributed by atoms with van der Waals surface area (Å²) in [5, 5.41) is 1.92. The molecule has 0 saturated carbocycles. The minimum atomic E-state index is -4.13. The Kier molecular flexibility index (Phi) is 6.74. The smallest absolute Gasteiger partial charge is 0.337 e. The van der Waals surface area contributed by atoms with E-state index < -0.39 is 22.0 Å². The van der Waals surface area contributed by atoms with Crippen LogP contribution in [0.2, 0.25) is 0 Å². The van der Waals surface area contributed by atoms with E-state index in [1.807, 2.05) is 17.5 Å². The molecule has 0 unspecified atom stereocenters. The molecule has 158 valence electrons. The highest BCUT2D eigenvalue weighted by Gasteiger charge is 2.21. The lowest BCUT2D eigenvalue weighted by Crippen LogP contribution is -2.16. The summed E-state index contributed by atoms with van der Waals surface area (Å²) in [6, 6.07) is 13.8. The first-order chi connectivity index (χ1) is 14.8. The lowest BCUT2D eigenvalue weighted by Gasteiger charge is -2.11. The summed E-state index contributed by atoms with van der Waals surface area (Å²) in [4.78, 5) is 24.5. The van der Waals surface area contributed by atoms with E-state index in [2.05, 4.69) is 26.0 Å². The van der Waals surface area contributed by atoms with Gasteiger partial charge in [0.1, 0.15) is 0 Å². The quantitative estimate of drug-likeness (QED) is 0.467. The molecule has 0 aliphatic carbocycles. The van der Waals surface area contributed by atoms with Crippen LogP contribution in [0.1, 0.15) is 31.2 Å². The van der Waals surface area contributed by atoms with Crippen molar-refractivity contribution in [2.75, 3.05) is 18.9 Å². The molecule has 2 aromatic carbocycles. The van der Waals surface area contributed by atoms with E-state index in [-0.39, 0.29) is 21.7 Å². The van der Waals surface area contributed by atoms with E-state index >= 15 is 0 Å². The van der Waals surface area contributed by atoms with E-state index in [0.717, 1.165) is 31.2 Å². The Balaban J connectivity index is 1.94. The molecule has 1 N–H and O–H groups in total. The van der Waals surface area contributed by atoms with Crippen LogP contribution in [0.4, 0.5) is 5.69 Å². The van der Waals surface area contributed by atoms with Crippen LogP contribution in [-0.4, -0.2) is 34.6 Å². The van der Waals surface area contributed by atoms with Crippen molar-refractivity contribution in [1.82, 2.24) is 0 Å². The van der Waals surface area contributed by atoms with Crippen molar-refractivity contribution in [3.8, 4) is 11.8 Å². The fourth-order valence-corrected chi connectivity index (χ4v) is 4.27. The number of nitrogens with one attached hydrogen (secondary N) is 1. The molecule has 0 radical (unpaired) electrons. The van der Waals surface area contributed by atoms with Crippen molar-refractivity contribution >= 4 is 39.0 Å². The van der Waals surface area contributed by atoms with Crippen molar-refractivity contribution in [3.63, 3.8) is 0 Å². The molecule has 1 heterocycles. The number of hydrogen-bond acceptors (Lipinski definition) is 7. The number of benzene rings is 2. The van der Waals surface area contributed by atoms with Gasteiger partial charge in [0, 0.05) is 5.56 Å². The van der Waals surface area contributed by atoms with Crippen molar-refractivity contribution < 1.29 is 27.5 Å². The number of ether oxygens (including phenoxy) is 2. The third-order valence-corrected chi connectivity index (χ3v) is 6.17. The molecule has 0 atom stereocenters. The highest BCUT2D eigenvalue weighted by molar-refractivity contribution is 7.92. The van der Waals surface area contributed by atoms with E-state index in [4.69, 9.17) is 0 Å². The number of hydrogen-bond donors (Lipinski definition) is 1. The fraction of sp³-hybridized carbons (Fsp3) is 0.0909. The number of esters is 2. The van der Waals surface area contributed by atoms with Gasteiger partial charge in [-0.2, -0.15) is 0 Å². The molecule has 0 aliphatic rings. The number of carbonyl (C=O) groups is 2. The lowest BCUT2D eigenvalue weighted by molar-refractivity contribution is 0.0598. The molecule has 9 heteroatoms. The zero-order valence-corrected chi connectivity index (χ0v) is 18.2. The van der Waals surface area contributed by atoms with E-state index in [9.17, 15) is 18.0 Å². The Morgan fingerprint density at radius 2 is 1.58 bits per heavy atom. The maximum atomic E-state index is 12.9. The van der Waals surface area contributed by atoms with Crippen LogP contribution in [0.25, 0.3) is 0 Å². The first kappa shape index (κ1) is 22.1. The van der Waals surface area contributed by atoms with Crippen LogP contribution < -0.4 is 4.72 Å². The lowest BCUT2D eigenvalue weighted by atomic mass is 10.1. The number of methoxy groups -OCH3 is 2. The number of thiophene rings is 1. The Morgan fingerprint density at radius 3 is 2.16 bits per heavy atom. The predicted molar refractivity (Wildman–Crippen MR) is 117 cm³/mol. The Labute approximate surface area is 183 Å². The molecule has 3 aromatic rings. The minimum Gasteiger partial charge on any atom is -0.465 e. The topological polar surface area (TPSA) is 98.8 Å². The average molecular weight is 456 g/mol. The van der Waals surface area contributed by atoms with Crippen molar-refractivity contribution in [1.29, 1.82) is 0 Å². The van der Waals surface area contributed by atoms with Gasteiger partial charge in [-0.15, -0.1) is 11.3 Å². The van der Waals surface area contributed by atoms with Crippen molar-refractivity contribution in [2.45, 2.75) is 4.90 Å². The minimum absolute atomic E-state index is 0.0960. The SMILES string of the molecule is COC(=O)c1cc(C(=O)OC)cc(S(=O)(=O)Nc2cccc(C#Cc3cccs3)c2)c1. The molecular formula is C22H17NO6S2. The Bertz CT molecular complexity index is 1250. The van der Waals surface area contributed by atoms with Crippen LogP contribution in [0, 0.1) is 11.8 Å². The van der Waals surface area contributed by atoms with Gasteiger partial charge in [-0.1, -0.05) is 24.0 Å². The molecule has 0 saturated heterocycles. The molecule has 0 amide bonds. The first-order valence-corrected chi connectivity index (χ1v) is 11.2. The summed E-state index contributed by atoms with van der Waals surface area (Å²) >= 11 is 1.50. The fourth-order valence-electron chi connectivity index (χ4n) is 2.58. The maximum absolute atomic E-state index is 12.9. The van der Waals surface area contributed by atoms with Gasteiger partial charge in [0.05, 0.1) is 40.8 Å². The van der Waals surface area contributed by atoms with Gasteiger partial charge in [0.15, 0.2) is 0 Å². The normalized spacial score (nSPS) is 10.5. The monoisotopic (exact) mass is 455 g/mol. The Morgan fingerprint density at radius 1 is 0.903 bits per heavy atom. The van der Waals surface area contributed by atoms with Gasteiger partial charge in [-0.25, -0.2) is 18.0 Å². The van der Waals surface area contributed by atoms with Gasteiger partial charge < -0.3 is 9.47 Å².